The second kappa shape index (κ2) is 6.90. The summed E-state index contributed by atoms with van der Waals surface area (Å²) in [4.78, 5) is 19.7. The molecule has 1 heterocycles. The van der Waals surface area contributed by atoms with Gasteiger partial charge in [0.15, 0.2) is 0 Å². The zero-order chi connectivity index (χ0) is 17.1. The monoisotopic (exact) mass is 403 g/mol. The number of halogens is 1. The Morgan fingerprint density at radius 3 is 2.67 bits per heavy atom. The Bertz CT molecular complexity index is 923. The summed E-state index contributed by atoms with van der Waals surface area (Å²) in [6.07, 6.45) is 3.34. The van der Waals surface area contributed by atoms with E-state index in [1.165, 1.54) is 23.5 Å². The standard InChI is InChI=1S/C16H10BrN3O3S/c17-13-7-10(1-6-14(13)21)8-18-16-19-9-15(24-16)11-2-4-12(5-3-11)20(22)23/h1-9,21H. The number of phenols is 1. The van der Waals surface area contributed by atoms with Gasteiger partial charge in [0, 0.05) is 24.5 Å². The number of rotatable bonds is 4. The van der Waals surface area contributed by atoms with Crippen LogP contribution in [0.3, 0.4) is 0 Å². The van der Waals surface area contributed by atoms with E-state index in [-0.39, 0.29) is 11.4 Å². The molecule has 0 bridgehead atoms. The van der Waals surface area contributed by atoms with E-state index in [1.54, 1.807) is 42.7 Å². The summed E-state index contributed by atoms with van der Waals surface area (Å²) >= 11 is 4.64. The molecule has 120 valence electrons. The zero-order valence-electron chi connectivity index (χ0n) is 12.1. The average Bonchev–Trinajstić information content (AvgIpc) is 3.05. The number of benzene rings is 2. The highest BCUT2D eigenvalue weighted by Gasteiger charge is 2.07. The third kappa shape index (κ3) is 3.66. The molecule has 0 saturated heterocycles. The topological polar surface area (TPSA) is 88.6 Å². The van der Waals surface area contributed by atoms with E-state index in [2.05, 4.69) is 25.9 Å². The van der Waals surface area contributed by atoms with Gasteiger partial charge in [0.25, 0.3) is 5.69 Å². The van der Waals surface area contributed by atoms with Gasteiger partial charge in [-0.25, -0.2) is 9.98 Å². The Morgan fingerprint density at radius 2 is 2.00 bits per heavy atom. The van der Waals surface area contributed by atoms with E-state index in [0.29, 0.717) is 9.60 Å². The van der Waals surface area contributed by atoms with E-state index >= 15 is 0 Å². The molecule has 24 heavy (non-hydrogen) atoms. The van der Waals surface area contributed by atoms with Gasteiger partial charge in [-0.1, -0.05) is 11.3 Å². The summed E-state index contributed by atoms with van der Waals surface area (Å²) in [5, 5.41) is 20.7. The van der Waals surface area contributed by atoms with E-state index in [4.69, 9.17) is 0 Å². The average molecular weight is 404 g/mol. The first kappa shape index (κ1) is 16.3. The summed E-state index contributed by atoms with van der Waals surface area (Å²) in [6.45, 7) is 0. The van der Waals surface area contributed by atoms with E-state index < -0.39 is 4.92 Å². The molecule has 0 aliphatic heterocycles. The number of aromatic nitrogens is 1. The van der Waals surface area contributed by atoms with Crippen LogP contribution < -0.4 is 0 Å². The Kier molecular flexibility index (Phi) is 4.68. The number of hydrogen-bond donors (Lipinski definition) is 1. The molecular weight excluding hydrogens is 394 g/mol. The second-order valence-corrected chi connectivity index (χ2v) is 6.64. The normalized spacial score (nSPS) is 11.0. The van der Waals surface area contributed by atoms with Gasteiger partial charge in [-0.05, 0) is 57.4 Å². The van der Waals surface area contributed by atoms with Crippen LogP contribution in [-0.4, -0.2) is 21.2 Å². The molecule has 1 aromatic heterocycles. The summed E-state index contributed by atoms with van der Waals surface area (Å²) in [5.74, 6) is 0.168. The predicted molar refractivity (Wildman–Crippen MR) is 97.3 cm³/mol. The van der Waals surface area contributed by atoms with Gasteiger partial charge in [0.2, 0.25) is 5.13 Å². The molecule has 3 aromatic rings. The quantitative estimate of drug-likeness (QED) is 0.379. The van der Waals surface area contributed by atoms with Crippen LogP contribution >= 0.6 is 27.3 Å². The molecule has 0 spiro atoms. The molecule has 0 unspecified atom stereocenters. The van der Waals surface area contributed by atoms with Gasteiger partial charge in [0.1, 0.15) is 5.75 Å². The molecule has 8 heteroatoms. The maximum Gasteiger partial charge on any atom is 0.269 e. The lowest BCUT2D eigenvalue weighted by atomic mass is 10.2. The second-order valence-electron chi connectivity index (χ2n) is 4.78. The van der Waals surface area contributed by atoms with Crippen LogP contribution in [0.1, 0.15) is 5.56 Å². The van der Waals surface area contributed by atoms with E-state index in [0.717, 1.165) is 16.0 Å². The van der Waals surface area contributed by atoms with Gasteiger partial charge >= 0.3 is 0 Å². The maximum atomic E-state index is 10.7. The van der Waals surface area contributed by atoms with Gasteiger partial charge in [-0.2, -0.15) is 0 Å². The van der Waals surface area contributed by atoms with Crippen molar-refractivity contribution in [3.05, 3.63) is 68.8 Å². The lowest BCUT2D eigenvalue weighted by Crippen LogP contribution is -1.86. The van der Waals surface area contributed by atoms with Crippen molar-refractivity contribution < 1.29 is 10.0 Å². The number of aliphatic imine (C=N–C) groups is 1. The molecule has 0 aliphatic rings. The third-order valence-corrected chi connectivity index (χ3v) is 4.74. The summed E-state index contributed by atoms with van der Waals surface area (Å²) < 4.78 is 0.595. The van der Waals surface area contributed by atoms with Crippen LogP contribution in [0.4, 0.5) is 10.8 Å². The summed E-state index contributed by atoms with van der Waals surface area (Å²) in [5.41, 5.74) is 1.73. The van der Waals surface area contributed by atoms with Crippen LogP contribution in [-0.2, 0) is 0 Å². The molecular formula is C16H10BrN3O3S. The maximum absolute atomic E-state index is 10.7. The number of nitro groups is 1. The fourth-order valence-corrected chi connectivity index (χ4v) is 3.10. The lowest BCUT2D eigenvalue weighted by Gasteiger charge is -1.97. The Labute approximate surface area is 149 Å². The minimum absolute atomic E-state index is 0.0550. The van der Waals surface area contributed by atoms with Crippen molar-refractivity contribution in [2.45, 2.75) is 0 Å². The van der Waals surface area contributed by atoms with E-state index in [1.807, 2.05) is 0 Å². The van der Waals surface area contributed by atoms with E-state index in [9.17, 15) is 15.2 Å². The Balaban J connectivity index is 1.78. The number of hydrogen-bond acceptors (Lipinski definition) is 6. The number of aromatic hydroxyl groups is 1. The molecule has 0 amide bonds. The van der Waals surface area contributed by atoms with Crippen LogP contribution in [0.15, 0.2) is 58.1 Å². The molecule has 0 radical (unpaired) electrons. The van der Waals surface area contributed by atoms with Crippen molar-refractivity contribution >= 4 is 44.3 Å². The molecule has 1 N–H and O–H groups in total. The number of thiazole rings is 1. The number of non-ortho nitro benzene ring substituents is 1. The van der Waals surface area contributed by atoms with Crippen LogP contribution in [0.2, 0.25) is 0 Å². The van der Waals surface area contributed by atoms with Crippen molar-refractivity contribution in [2.24, 2.45) is 4.99 Å². The Hall–Kier alpha value is -2.58. The number of phenolic OH excluding ortho intramolecular Hbond substituents is 1. The summed E-state index contributed by atoms with van der Waals surface area (Å²) in [7, 11) is 0. The molecule has 0 aliphatic carbocycles. The molecule has 6 nitrogen and oxygen atoms in total. The first-order chi connectivity index (χ1) is 11.5. The predicted octanol–water partition coefficient (Wildman–Crippen LogP) is 4.94. The first-order valence-corrected chi connectivity index (χ1v) is 8.37. The van der Waals surface area contributed by atoms with Crippen LogP contribution in [0.25, 0.3) is 10.4 Å². The van der Waals surface area contributed by atoms with Gasteiger partial charge in [0.05, 0.1) is 14.3 Å². The smallest absolute Gasteiger partial charge is 0.269 e. The highest BCUT2D eigenvalue weighted by Crippen LogP contribution is 2.31. The SMILES string of the molecule is O=[N+]([O-])c1ccc(-c2cnc(N=Cc3ccc(O)c(Br)c3)s2)cc1. The van der Waals surface area contributed by atoms with Crippen molar-refractivity contribution in [1.82, 2.24) is 4.98 Å². The first-order valence-electron chi connectivity index (χ1n) is 6.76. The Morgan fingerprint density at radius 1 is 1.25 bits per heavy atom. The highest BCUT2D eigenvalue weighted by molar-refractivity contribution is 9.10. The largest absolute Gasteiger partial charge is 0.507 e. The summed E-state index contributed by atoms with van der Waals surface area (Å²) in [6, 6.07) is 11.4. The molecule has 0 fully saturated rings. The zero-order valence-corrected chi connectivity index (χ0v) is 14.5. The van der Waals surface area contributed by atoms with Gasteiger partial charge in [-0.15, -0.1) is 0 Å². The fourth-order valence-electron chi connectivity index (χ4n) is 1.94. The van der Waals surface area contributed by atoms with Crippen molar-refractivity contribution in [1.29, 1.82) is 0 Å². The molecule has 0 saturated carbocycles. The van der Waals surface area contributed by atoms with Crippen molar-refractivity contribution in [3.8, 4) is 16.2 Å². The van der Waals surface area contributed by atoms with Gasteiger partial charge < -0.3 is 5.11 Å². The van der Waals surface area contributed by atoms with Gasteiger partial charge in [-0.3, -0.25) is 10.1 Å². The number of nitrogens with zero attached hydrogens (tertiary/aromatic N) is 3. The minimum Gasteiger partial charge on any atom is -0.507 e. The van der Waals surface area contributed by atoms with Crippen molar-refractivity contribution in [2.75, 3.05) is 0 Å². The molecule has 3 rings (SSSR count). The number of nitro benzene ring substituents is 1. The fraction of sp³-hybridized carbons (Fsp3) is 0. The van der Waals surface area contributed by atoms with Crippen LogP contribution in [0, 0.1) is 10.1 Å². The highest BCUT2D eigenvalue weighted by atomic mass is 79.9. The van der Waals surface area contributed by atoms with Crippen molar-refractivity contribution in [3.63, 3.8) is 0 Å². The molecule has 0 atom stereocenters. The van der Waals surface area contributed by atoms with Crippen LogP contribution in [0.5, 0.6) is 5.75 Å². The minimum atomic E-state index is -0.429. The molecule has 2 aromatic carbocycles. The lowest BCUT2D eigenvalue weighted by molar-refractivity contribution is -0.384. The third-order valence-electron chi connectivity index (χ3n) is 3.15.